The van der Waals surface area contributed by atoms with Crippen molar-refractivity contribution in [3.05, 3.63) is 33.8 Å². The highest BCUT2D eigenvalue weighted by molar-refractivity contribution is 9.10. The van der Waals surface area contributed by atoms with Crippen LogP contribution in [0.5, 0.6) is 5.75 Å². The number of halogens is 1. The van der Waals surface area contributed by atoms with Gasteiger partial charge in [-0.25, -0.2) is 0 Å². The molecule has 0 aromatic heterocycles. The van der Waals surface area contributed by atoms with Crippen molar-refractivity contribution in [1.29, 1.82) is 0 Å². The molecule has 86 valence electrons. The Hall–Kier alpha value is -0.800. The first-order valence-corrected chi connectivity index (χ1v) is 6.32. The average Bonchev–Trinajstić information content (AvgIpc) is 2.29. The topological polar surface area (TPSA) is 18.5 Å². The maximum absolute atomic E-state index is 5.82. The first kappa shape index (κ1) is 11.7. The van der Waals surface area contributed by atoms with Crippen molar-refractivity contribution >= 4 is 22.0 Å². The second-order valence-corrected chi connectivity index (χ2v) is 4.58. The Morgan fingerprint density at radius 1 is 1.38 bits per heavy atom. The van der Waals surface area contributed by atoms with Gasteiger partial charge in [0.1, 0.15) is 5.75 Å². The van der Waals surface area contributed by atoms with E-state index in [4.69, 9.17) is 9.47 Å². The van der Waals surface area contributed by atoms with Crippen LogP contribution in [-0.4, -0.2) is 12.9 Å². The highest BCUT2D eigenvalue weighted by Crippen LogP contribution is 2.33. The SMILES string of the molecule is CCOC1Oc2ccc(Br)cc2C=C1CC. The predicted molar refractivity (Wildman–Crippen MR) is 68.5 cm³/mol. The van der Waals surface area contributed by atoms with Gasteiger partial charge in [-0.1, -0.05) is 22.9 Å². The Kier molecular flexibility index (Phi) is 3.66. The molecule has 1 atom stereocenters. The molecule has 0 aliphatic carbocycles. The largest absolute Gasteiger partial charge is 0.460 e. The van der Waals surface area contributed by atoms with Gasteiger partial charge in [0, 0.05) is 16.6 Å². The summed E-state index contributed by atoms with van der Waals surface area (Å²) < 4.78 is 12.5. The Balaban J connectivity index is 2.34. The van der Waals surface area contributed by atoms with Crippen LogP contribution in [0.25, 0.3) is 6.08 Å². The lowest BCUT2D eigenvalue weighted by molar-refractivity contribution is -0.0513. The van der Waals surface area contributed by atoms with Gasteiger partial charge < -0.3 is 9.47 Å². The van der Waals surface area contributed by atoms with E-state index in [1.54, 1.807) is 0 Å². The van der Waals surface area contributed by atoms with E-state index in [-0.39, 0.29) is 6.29 Å². The summed E-state index contributed by atoms with van der Waals surface area (Å²) in [7, 11) is 0. The van der Waals surface area contributed by atoms with Crippen LogP contribution in [0.2, 0.25) is 0 Å². The summed E-state index contributed by atoms with van der Waals surface area (Å²) in [6, 6.07) is 6.01. The van der Waals surface area contributed by atoms with Gasteiger partial charge in [0.05, 0.1) is 0 Å². The Bertz CT molecular complexity index is 412. The van der Waals surface area contributed by atoms with E-state index in [0.717, 1.165) is 22.2 Å². The molecule has 2 nitrogen and oxygen atoms in total. The molecular formula is C13H15BrO2. The molecule has 1 heterocycles. The second-order valence-electron chi connectivity index (χ2n) is 3.66. The first-order valence-electron chi connectivity index (χ1n) is 5.53. The normalized spacial score (nSPS) is 18.7. The van der Waals surface area contributed by atoms with E-state index in [1.165, 1.54) is 5.57 Å². The van der Waals surface area contributed by atoms with Crippen LogP contribution in [0.4, 0.5) is 0 Å². The number of fused-ring (bicyclic) bond motifs is 1. The molecule has 1 aliphatic rings. The molecule has 0 saturated heterocycles. The standard InChI is InChI=1S/C13H15BrO2/c1-3-9-7-10-8-11(14)5-6-12(10)16-13(9)15-4-2/h5-8,13H,3-4H2,1-2H3. The molecule has 0 saturated carbocycles. The van der Waals surface area contributed by atoms with E-state index in [9.17, 15) is 0 Å². The zero-order valence-electron chi connectivity index (χ0n) is 9.50. The van der Waals surface area contributed by atoms with E-state index in [0.29, 0.717) is 6.61 Å². The molecule has 1 unspecified atom stereocenters. The lowest BCUT2D eigenvalue weighted by atomic mass is 10.0. The fourth-order valence-corrected chi connectivity index (χ4v) is 2.14. The van der Waals surface area contributed by atoms with Gasteiger partial charge in [-0.15, -0.1) is 0 Å². The molecule has 2 rings (SSSR count). The van der Waals surface area contributed by atoms with E-state index in [2.05, 4.69) is 35.0 Å². The van der Waals surface area contributed by atoms with Crippen LogP contribution < -0.4 is 4.74 Å². The summed E-state index contributed by atoms with van der Waals surface area (Å²) >= 11 is 3.46. The maximum Gasteiger partial charge on any atom is 0.222 e. The Morgan fingerprint density at radius 3 is 2.88 bits per heavy atom. The second kappa shape index (κ2) is 5.02. The van der Waals surface area contributed by atoms with Gasteiger partial charge in [0.2, 0.25) is 6.29 Å². The van der Waals surface area contributed by atoms with Crippen molar-refractivity contribution in [2.24, 2.45) is 0 Å². The van der Waals surface area contributed by atoms with Crippen LogP contribution in [0.1, 0.15) is 25.8 Å². The Labute approximate surface area is 104 Å². The minimum absolute atomic E-state index is 0.219. The molecule has 0 N–H and O–H groups in total. The third-order valence-electron chi connectivity index (χ3n) is 2.58. The smallest absolute Gasteiger partial charge is 0.222 e. The summed E-state index contributed by atoms with van der Waals surface area (Å²) in [6.07, 6.45) is 2.88. The highest BCUT2D eigenvalue weighted by Gasteiger charge is 2.21. The third-order valence-corrected chi connectivity index (χ3v) is 3.07. The predicted octanol–water partition coefficient (Wildman–Crippen LogP) is 4.00. The molecule has 16 heavy (non-hydrogen) atoms. The summed E-state index contributed by atoms with van der Waals surface area (Å²) in [6.45, 7) is 4.76. The van der Waals surface area contributed by atoms with Gasteiger partial charge >= 0.3 is 0 Å². The molecule has 0 amide bonds. The van der Waals surface area contributed by atoms with Gasteiger partial charge in [0.15, 0.2) is 0 Å². The molecule has 3 heteroatoms. The first-order chi connectivity index (χ1) is 7.74. The van der Waals surface area contributed by atoms with Crippen molar-refractivity contribution in [2.45, 2.75) is 26.6 Å². The van der Waals surface area contributed by atoms with E-state index in [1.807, 2.05) is 19.1 Å². The monoisotopic (exact) mass is 282 g/mol. The summed E-state index contributed by atoms with van der Waals surface area (Å²) in [5.41, 5.74) is 2.30. The number of rotatable bonds is 3. The number of benzene rings is 1. The summed E-state index contributed by atoms with van der Waals surface area (Å²) in [5, 5.41) is 0. The van der Waals surface area contributed by atoms with Crippen LogP contribution in [0.15, 0.2) is 28.2 Å². The molecule has 1 aliphatic heterocycles. The minimum Gasteiger partial charge on any atom is -0.460 e. The molecule has 1 aromatic rings. The number of hydrogen-bond acceptors (Lipinski definition) is 2. The van der Waals surface area contributed by atoms with E-state index >= 15 is 0 Å². The molecule has 1 aromatic carbocycles. The molecule has 0 radical (unpaired) electrons. The van der Waals surface area contributed by atoms with Gasteiger partial charge in [-0.3, -0.25) is 0 Å². The van der Waals surface area contributed by atoms with Crippen molar-refractivity contribution in [3.63, 3.8) is 0 Å². The average molecular weight is 283 g/mol. The lowest BCUT2D eigenvalue weighted by Crippen LogP contribution is -2.25. The molecule has 0 spiro atoms. The molecular weight excluding hydrogens is 268 g/mol. The zero-order valence-corrected chi connectivity index (χ0v) is 11.1. The number of ether oxygens (including phenoxy) is 2. The quantitative estimate of drug-likeness (QED) is 0.834. The zero-order chi connectivity index (χ0) is 11.5. The Morgan fingerprint density at radius 2 is 2.19 bits per heavy atom. The van der Waals surface area contributed by atoms with Crippen molar-refractivity contribution in [3.8, 4) is 5.75 Å². The maximum atomic E-state index is 5.82. The number of hydrogen-bond donors (Lipinski definition) is 0. The third kappa shape index (κ3) is 2.30. The fourth-order valence-electron chi connectivity index (χ4n) is 1.76. The van der Waals surface area contributed by atoms with Crippen LogP contribution >= 0.6 is 15.9 Å². The van der Waals surface area contributed by atoms with Gasteiger partial charge in [-0.05, 0) is 43.2 Å². The van der Waals surface area contributed by atoms with Crippen molar-refractivity contribution in [2.75, 3.05) is 6.61 Å². The van der Waals surface area contributed by atoms with Crippen LogP contribution in [0.3, 0.4) is 0 Å². The minimum atomic E-state index is -0.219. The van der Waals surface area contributed by atoms with Crippen molar-refractivity contribution in [1.82, 2.24) is 0 Å². The van der Waals surface area contributed by atoms with Gasteiger partial charge in [0.25, 0.3) is 0 Å². The van der Waals surface area contributed by atoms with Crippen molar-refractivity contribution < 1.29 is 9.47 Å². The van der Waals surface area contributed by atoms with Crippen LogP contribution in [0, 0.1) is 0 Å². The van der Waals surface area contributed by atoms with Crippen LogP contribution in [-0.2, 0) is 4.74 Å². The van der Waals surface area contributed by atoms with E-state index < -0.39 is 0 Å². The fraction of sp³-hybridized carbons (Fsp3) is 0.385. The summed E-state index contributed by atoms with van der Waals surface area (Å²) in [4.78, 5) is 0. The summed E-state index contributed by atoms with van der Waals surface area (Å²) in [5.74, 6) is 0.888. The molecule has 0 fully saturated rings. The molecule has 0 bridgehead atoms. The highest BCUT2D eigenvalue weighted by atomic mass is 79.9. The lowest BCUT2D eigenvalue weighted by Gasteiger charge is -2.26. The van der Waals surface area contributed by atoms with Gasteiger partial charge in [-0.2, -0.15) is 0 Å².